The standard InChI is InChI=1S/C13H20O2/c1-12(14)10-8-6-4-3-5-7-9-11-13(2)15/h8-11H,3-7H2,1-2H3. The van der Waals surface area contributed by atoms with Crippen molar-refractivity contribution in [3.8, 4) is 0 Å². The summed E-state index contributed by atoms with van der Waals surface area (Å²) in [6.07, 6.45) is 12.4. The summed E-state index contributed by atoms with van der Waals surface area (Å²) in [5.41, 5.74) is 0. The molecule has 0 rings (SSSR count). The van der Waals surface area contributed by atoms with E-state index in [0.717, 1.165) is 32.1 Å². The average Bonchev–Trinajstić information content (AvgIpc) is 2.14. The van der Waals surface area contributed by atoms with Crippen molar-refractivity contribution in [2.75, 3.05) is 0 Å². The first-order valence-corrected chi connectivity index (χ1v) is 5.47. The second-order valence-electron chi connectivity index (χ2n) is 3.66. The molecular weight excluding hydrogens is 188 g/mol. The molecular formula is C13H20O2. The lowest BCUT2D eigenvalue weighted by Gasteiger charge is -1.94. The predicted molar refractivity (Wildman–Crippen MR) is 62.7 cm³/mol. The Kier molecular flexibility index (Phi) is 8.64. The van der Waals surface area contributed by atoms with Gasteiger partial charge in [0.25, 0.3) is 0 Å². The van der Waals surface area contributed by atoms with Gasteiger partial charge in [-0.1, -0.05) is 18.6 Å². The van der Waals surface area contributed by atoms with E-state index in [9.17, 15) is 9.59 Å². The summed E-state index contributed by atoms with van der Waals surface area (Å²) >= 11 is 0. The highest BCUT2D eigenvalue weighted by Crippen LogP contribution is 2.04. The Balaban J connectivity index is 3.25. The van der Waals surface area contributed by atoms with Crippen LogP contribution in [0.5, 0.6) is 0 Å². The van der Waals surface area contributed by atoms with Crippen LogP contribution in [0.25, 0.3) is 0 Å². The fourth-order valence-corrected chi connectivity index (χ4v) is 1.20. The average molecular weight is 208 g/mol. The normalized spacial score (nSPS) is 11.3. The lowest BCUT2D eigenvalue weighted by Crippen LogP contribution is -1.81. The second kappa shape index (κ2) is 9.38. The molecule has 0 aromatic carbocycles. The molecule has 0 aromatic rings. The molecule has 0 saturated heterocycles. The molecule has 0 saturated carbocycles. The zero-order valence-electron chi connectivity index (χ0n) is 9.66. The number of ketones is 2. The molecule has 0 spiro atoms. The third-order valence-electron chi connectivity index (χ3n) is 1.95. The summed E-state index contributed by atoms with van der Waals surface area (Å²) in [4.78, 5) is 21.1. The lowest BCUT2D eigenvalue weighted by molar-refractivity contribution is -0.113. The van der Waals surface area contributed by atoms with Crippen LogP contribution >= 0.6 is 0 Å². The summed E-state index contributed by atoms with van der Waals surface area (Å²) < 4.78 is 0. The molecule has 2 heteroatoms. The van der Waals surface area contributed by atoms with E-state index in [4.69, 9.17) is 0 Å². The molecule has 0 atom stereocenters. The molecule has 0 fully saturated rings. The summed E-state index contributed by atoms with van der Waals surface area (Å²) in [5.74, 6) is 0.221. The van der Waals surface area contributed by atoms with E-state index in [1.807, 2.05) is 12.2 Å². The molecule has 0 aliphatic carbocycles. The van der Waals surface area contributed by atoms with Crippen molar-refractivity contribution in [2.45, 2.75) is 46.0 Å². The van der Waals surface area contributed by atoms with Gasteiger partial charge in [-0.15, -0.1) is 0 Å². The molecule has 0 bridgehead atoms. The maximum atomic E-state index is 10.6. The predicted octanol–water partition coefficient (Wildman–Crippen LogP) is 3.23. The fourth-order valence-electron chi connectivity index (χ4n) is 1.20. The Morgan fingerprint density at radius 1 is 0.800 bits per heavy atom. The Hall–Kier alpha value is -1.18. The first kappa shape index (κ1) is 13.8. The van der Waals surface area contributed by atoms with Gasteiger partial charge in [0.1, 0.15) is 0 Å². The van der Waals surface area contributed by atoms with Crippen LogP contribution in [-0.2, 0) is 9.59 Å². The van der Waals surface area contributed by atoms with Gasteiger partial charge in [-0.05, 0) is 51.7 Å². The highest BCUT2D eigenvalue weighted by molar-refractivity contribution is 5.87. The molecule has 0 aliphatic rings. The lowest BCUT2D eigenvalue weighted by atomic mass is 10.1. The zero-order chi connectivity index (χ0) is 11.5. The van der Waals surface area contributed by atoms with Crippen LogP contribution in [0.4, 0.5) is 0 Å². The van der Waals surface area contributed by atoms with E-state index < -0.39 is 0 Å². The van der Waals surface area contributed by atoms with Crippen LogP contribution in [0.2, 0.25) is 0 Å². The maximum absolute atomic E-state index is 10.6. The van der Waals surface area contributed by atoms with Gasteiger partial charge in [-0.25, -0.2) is 0 Å². The van der Waals surface area contributed by atoms with Crippen LogP contribution in [0.3, 0.4) is 0 Å². The van der Waals surface area contributed by atoms with Crippen molar-refractivity contribution < 1.29 is 9.59 Å². The molecule has 0 aliphatic heterocycles. The van der Waals surface area contributed by atoms with Crippen LogP contribution in [0, 0.1) is 0 Å². The third-order valence-corrected chi connectivity index (χ3v) is 1.95. The van der Waals surface area contributed by atoms with E-state index in [0.29, 0.717) is 0 Å². The second-order valence-corrected chi connectivity index (χ2v) is 3.66. The summed E-state index contributed by atoms with van der Waals surface area (Å²) in [5, 5.41) is 0. The molecule has 0 radical (unpaired) electrons. The molecule has 2 nitrogen and oxygen atoms in total. The van der Waals surface area contributed by atoms with Gasteiger partial charge in [0.2, 0.25) is 0 Å². The number of hydrogen-bond acceptors (Lipinski definition) is 2. The van der Waals surface area contributed by atoms with Crippen molar-refractivity contribution in [1.82, 2.24) is 0 Å². The Morgan fingerprint density at radius 3 is 1.53 bits per heavy atom. The van der Waals surface area contributed by atoms with Crippen molar-refractivity contribution in [3.63, 3.8) is 0 Å². The number of rotatable bonds is 8. The largest absolute Gasteiger partial charge is 0.295 e. The highest BCUT2D eigenvalue weighted by atomic mass is 16.1. The van der Waals surface area contributed by atoms with Crippen molar-refractivity contribution in [3.05, 3.63) is 24.3 Å². The topological polar surface area (TPSA) is 34.1 Å². The zero-order valence-corrected chi connectivity index (χ0v) is 9.66. The van der Waals surface area contributed by atoms with E-state index in [1.54, 1.807) is 26.0 Å². The molecule has 0 unspecified atom stereocenters. The first-order chi connectivity index (χ1) is 7.13. The molecule has 0 heterocycles. The Bertz CT molecular complexity index is 223. The van der Waals surface area contributed by atoms with Crippen molar-refractivity contribution in [1.29, 1.82) is 0 Å². The van der Waals surface area contributed by atoms with E-state index in [2.05, 4.69) is 0 Å². The Morgan fingerprint density at radius 2 is 1.20 bits per heavy atom. The molecule has 84 valence electrons. The summed E-state index contributed by atoms with van der Waals surface area (Å²) in [6.45, 7) is 3.12. The summed E-state index contributed by atoms with van der Waals surface area (Å²) in [7, 11) is 0. The number of carbonyl (C=O) groups excluding carboxylic acids is 2. The maximum Gasteiger partial charge on any atom is 0.152 e. The van der Waals surface area contributed by atoms with E-state index in [-0.39, 0.29) is 11.6 Å². The van der Waals surface area contributed by atoms with E-state index in [1.165, 1.54) is 0 Å². The van der Waals surface area contributed by atoms with Crippen LogP contribution < -0.4 is 0 Å². The van der Waals surface area contributed by atoms with E-state index >= 15 is 0 Å². The third kappa shape index (κ3) is 12.8. The number of allylic oxidation sites excluding steroid dienone is 4. The first-order valence-electron chi connectivity index (χ1n) is 5.47. The number of hydrogen-bond donors (Lipinski definition) is 0. The van der Waals surface area contributed by atoms with Gasteiger partial charge in [-0.2, -0.15) is 0 Å². The van der Waals surface area contributed by atoms with Gasteiger partial charge >= 0.3 is 0 Å². The smallest absolute Gasteiger partial charge is 0.152 e. The highest BCUT2D eigenvalue weighted by Gasteiger charge is 1.87. The van der Waals surface area contributed by atoms with Gasteiger partial charge in [0.15, 0.2) is 11.6 Å². The van der Waals surface area contributed by atoms with Crippen molar-refractivity contribution >= 4 is 11.6 Å². The number of carbonyl (C=O) groups is 2. The minimum atomic E-state index is 0.111. The van der Waals surface area contributed by atoms with Gasteiger partial charge < -0.3 is 0 Å². The molecule has 0 amide bonds. The fraction of sp³-hybridized carbons (Fsp3) is 0.538. The monoisotopic (exact) mass is 208 g/mol. The van der Waals surface area contributed by atoms with Crippen LogP contribution in [0.15, 0.2) is 24.3 Å². The quantitative estimate of drug-likeness (QED) is 0.453. The Labute approximate surface area is 92.1 Å². The summed E-state index contributed by atoms with van der Waals surface area (Å²) in [6, 6.07) is 0. The molecule has 0 aromatic heterocycles. The minimum Gasteiger partial charge on any atom is -0.295 e. The van der Waals surface area contributed by atoms with Gasteiger partial charge in [0, 0.05) is 0 Å². The number of unbranched alkanes of at least 4 members (excludes halogenated alkanes) is 4. The molecule has 0 N–H and O–H groups in total. The minimum absolute atomic E-state index is 0.111. The van der Waals surface area contributed by atoms with Crippen LogP contribution in [-0.4, -0.2) is 11.6 Å². The van der Waals surface area contributed by atoms with Crippen LogP contribution in [0.1, 0.15) is 46.0 Å². The van der Waals surface area contributed by atoms with Gasteiger partial charge in [0.05, 0.1) is 0 Å². The van der Waals surface area contributed by atoms with Crippen molar-refractivity contribution in [2.24, 2.45) is 0 Å². The van der Waals surface area contributed by atoms with Gasteiger partial charge in [-0.3, -0.25) is 9.59 Å². The molecule has 15 heavy (non-hydrogen) atoms. The SMILES string of the molecule is CC(=O)C=CCCCCCC=CC(C)=O.